The molecule has 2 heterocycles. The van der Waals surface area contributed by atoms with Crippen molar-refractivity contribution in [3.05, 3.63) is 20.8 Å². The van der Waals surface area contributed by atoms with Gasteiger partial charge in [0, 0.05) is 27.7 Å². The Kier molecular flexibility index (Phi) is 4.30. The van der Waals surface area contributed by atoms with Crippen molar-refractivity contribution in [3.8, 4) is 0 Å². The number of rotatable bonds is 4. The van der Waals surface area contributed by atoms with Crippen molar-refractivity contribution in [1.29, 1.82) is 0 Å². The Hall–Kier alpha value is -0.880. The number of halogens is 1. The van der Waals surface area contributed by atoms with Gasteiger partial charge < -0.3 is 10.0 Å². The molecule has 6 heteroatoms. The lowest BCUT2D eigenvalue weighted by molar-refractivity contribution is -0.155. The van der Waals surface area contributed by atoms with Crippen molar-refractivity contribution >= 4 is 39.1 Å². The SMILES string of the molecule is CC1(C(=O)O)CCCN1C(=O)CCc1cc(Br)cs1. The highest BCUT2D eigenvalue weighted by Crippen LogP contribution is 2.30. The summed E-state index contributed by atoms with van der Waals surface area (Å²) in [5.74, 6) is -0.968. The third kappa shape index (κ3) is 3.00. The van der Waals surface area contributed by atoms with Crippen LogP contribution in [0.4, 0.5) is 0 Å². The van der Waals surface area contributed by atoms with Crippen LogP contribution in [0.3, 0.4) is 0 Å². The zero-order valence-corrected chi connectivity index (χ0v) is 13.1. The van der Waals surface area contributed by atoms with Gasteiger partial charge in [-0.05, 0) is 48.2 Å². The maximum absolute atomic E-state index is 12.2. The second-order valence-corrected chi connectivity index (χ2v) is 6.87. The van der Waals surface area contributed by atoms with Crippen LogP contribution >= 0.6 is 27.3 Å². The Balaban J connectivity index is 1.98. The number of carboxylic acids is 1. The van der Waals surface area contributed by atoms with Gasteiger partial charge in [-0.1, -0.05) is 0 Å². The summed E-state index contributed by atoms with van der Waals surface area (Å²) < 4.78 is 1.02. The first-order valence-corrected chi connectivity index (χ1v) is 7.87. The number of nitrogens with zero attached hydrogens (tertiary/aromatic N) is 1. The molecule has 4 nitrogen and oxygen atoms in total. The van der Waals surface area contributed by atoms with Crippen molar-refractivity contribution in [2.24, 2.45) is 0 Å². The average molecular weight is 346 g/mol. The van der Waals surface area contributed by atoms with Crippen LogP contribution < -0.4 is 0 Å². The highest BCUT2D eigenvalue weighted by molar-refractivity contribution is 9.10. The molecule has 2 rings (SSSR count). The van der Waals surface area contributed by atoms with Crippen molar-refractivity contribution in [2.75, 3.05) is 6.54 Å². The van der Waals surface area contributed by atoms with Gasteiger partial charge in [0.15, 0.2) is 0 Å². The number of amides is 1. The van der Waals surface area contributed by atoms with Gasteiger partial charge >= 0.3 is 5.97 Å². The minimum atomic E-state index is -1.02. The molecule has 1 aliphatic heterocycles. The number of aliphatic carboxylic acids is 1. The lowest BCUT2D eigenvalue weighted by Gasteiger charge is -2.31. The molecule has 0 spiro atoms. The number of hydrogen-bond donors (Lipinski definition) is 1. The summed E-state index contributed by atoms with van der Waals surface area (Å²) >= 11 is 4.99. The Morgan fingerprint density at radius 2 is 2.32 bits per heavy atom. The quantitative estimate of drug-likeness (QED) is 0.912. The fourth-order valence-electron chi connectivity index (χ4n) is 2.44. The summed E-state index contributed by atoms with van der Waals surface area (Å²) in [6.07, 6.45) is 2.34. The molecule has 19 heavy (non-hydrogen) atoms. The summed E-state index contributed by atoms with van der Waals surface area (Å²) in [6.45, 7) is 2.19. The molecule has 1 fully saturated rings. The predicted octanol–water partition coefficient (Wildman–Crippen LogP) is 2.91. The molecule has 1 atom stereocenters. The maximum atomic E-state index is 12.2. The third-order valence-electron chi connectivity index (χ3n) is 3.61. The number of thiophene rings is 1. The van der Waals surface area contributed by atoms with Crippen LogP contribution in [-0.2, 0) is 16.0 Å². The standard InChI is InChI=1S/C13H16BrNO3S/c1-13(12(17)18)5-2-6-15(13)11(16)4-3-10-7-9(14)8-19-10/h7-8H,2-6H2,1H3,(H,17,18). The number of likely N-dealkylation sites (tertiary alicyclic amines) is 1. The van der Waals surface area contributed by atoms with Crippen LogP contribution in [-0.4, -0.2) is 34.0 Å². The van der Waals surface area contributed by atoms with E-state index in [9.17, 15) is 14.7 Å². The normalized spacial score (nSPS) is 22.7. The zero-order chi connectivity index (χ0) is 14.0. The van der Waals surface area contributed by atoms with Crippen LogP contribution in [0.5, 0.6) is 0 Å². The van der Waals surface area contributed by atoms with E-state index in [1.54, 1.807) is 18.3 Å². The predicted molar refractivity (Wildman–Crippen MR) is 77.3 cm³/mol. The molecular formula is C13H16BrNO3S. The molecule has 104 valence electrons. The van der Waals surface area contributed by atoms with E-state index < -0.39 is 11.5 Å². The first-order valence-electron chi connectivity index (χ1n) is 6.20. The molecule has 1 aliphatic rings. The molecule has 1 amide bonds. The van der Waals surface area contributed by atoms with Gasteiger partial charge in [-0.25, -0.2) is 4.79 Å². The summed E-state index contributed by atoms with van der Waals surface area (Å²) in [7, 11) is 0. The Labute approximate surface area is 124 Å². The Morgan fingerprint density at radius 3 is 2.89 bits per heavy atom. The monoisotopic (exact) mass is 345 g/mol. The number of carbonyl (C=O) groups excluding carboxylic acids is 1. The molecule has 0 radical (unpaired) electrons. The van der Waals surface area contributed by atoms with Gasteiger partial charge in [-0.15, -0.1) is 11.3 Å². The molecule has 1 N–H and O–H groups in total. The fraction of sp³-hybridized carbons (Fsp3) is 0.538. The van der Waals surface area contributed by atoms with Gasteiger partial charge in [0.25, 0.3) is 0 Å². The van der Waals surface area contributed by atoms with Crippen molar-refractivity contribution in [3.63, 3.8) is 0 Å². The number of aryl methyl sites for hydroxylation is 1. The number of hydrogen-bond acceptors (Lipinski definition) is 3. The summed E-state index contributed by atoms with van der Waals surface area (Å²) in [6, 6.07) is 2.00. The highest BCUT2D eigenvalue weighted by atomic mass is 79.9. The number of carboxylic acid groups (broad SMARTS) is 1. The van der Waals surface area contributed by atoms with E-state index in [-0.39, 0.29) is 5.91 Å². The minimum absolute atomic E-state index is 0.0630. The van der Waals surface area contributed by atoms with Crippen LogP contribution in [0.1, 0.15) is 31.1 Å². The minimum Gasteiger partial charge on any atom is -0.480 e. The Bertz CT molecular complexity index is 502. The molecular weight excluding hydrogens is 330 g/mol. The molecule has 1 saturated heterocycles. The van der Waals surface area contributed by atoms with Crippen LogP contribution in [0.25, 0.3) is 0 Å². The third-order valence-corrected chi connectivity index (χ3v) is 5.37. The van der Waals surface area contributed by atoms with Gasteiger partial charge in [0.05, 0.1) is 0 Å². The van der Waals surface area contributed by atoms with Crippen molar-refractivity contribution in [2.45, 2.75) is 38.1 Å². The van der Waals surface area contributed by atoms with E-state index in [4.69, 9.17) is 0 Å². The van der Waals surface area contributed by atoms with Gasteiger partial charge in [-0.2, -0.15) is 0 Å². The van der Waals surface area contributed by atoms with Gasteiger partial charge in [0.2, 0.25) is 5.91 Å². The van der Waals surface area contributed by atoms with Gasteiger partial charge in [-0.3, -0.25) is 4.79 Å². The van der Waals surface area contributed by atoms with E-state index in [0.717, 1.165) is 15.8 Å². The first-order chi connectivity index (χ1) is 8.93. The van der Waals surface area contributed by atoms with Crippen molar-refractivity contribution < 1.29 is 14.7 Å². The highest BCUT2D eigenvalue weighted by Gasteiger charge is 2.45. The second-order valence-electron chi connectivity index (χ2n) is 4.96. The molecule has 1 aromatic heterocycles. The number of carbonyl (C=O) groups is 2. The van der Waals surface area contributed by atoms with E-state index in [0.29, 0.717) is 25.8 Å². The molecule has 0 bridgehead atoms. The van der Waals surface area contributed by atoms with E-state index in [2.05, 4.69) is 15.9 Å². The maximum Gasteiger partial charge on any atom is 0.329 e. The first kappa shape index (κ1) is 14.5. The second kappa shape index (κ2) is 5.63. The average Bonchev–Trinajstić information content (AvgIpc) is 2.93. The Morgan fingerprint density at radius 1 is 1.58 bits per heavy atom. The van der Waals surface area contributed by atoms with Crippen LogP contribution in [0.15, 0.2) is 15.9 Å². The fourth-order valence-corrected chi connectivity index (χ4v) is 3.89. The molecule has 0 aromatic carbocycles. The molecule has 1 unspecified atom stereocenters. The van der Waals surface area contributed by atoms with E-state index in [1.807, 2.05) is 11.4 Å². The zero-order valence-electron chi connectivity index (χ0n) is 10.7. The largest absolute Gasteiger partial charge is 0.480 e. The smallest absolute Gasteiger partial charge is 0.329 e. The van der Waals surface area contributed by atoms with Crippen LogP contribution in [0, 0.1) is 0 Å². The van der Waals surface area contributed by atoms with Gasteiger partial charge in [0.1, 0.15) is 5.54 Å². The summed E-state index contributed by atoms with van der Waals surface area (Å²) in [5, 5.41) is 11.3. The van der Waals surface area contributed by atoms with Crippen molar-refractivity contribution in [1.82, 2.24) is 4.90 Å². The van der Waals surface area contributed by atoms with E-state index in [1.165, 1.54) is 4.90 Å². The molecule has 0 saturated carbocycles. The molecule has 0 aliphatic carbocycles. The van der Waals surface area contributed by atoms with Crippen LogP contribution in [0.2, 0.25) is 0 Å². The summed E-state index contributed by atoms with van der Waals surface area (Å²) in [5.41, 5.74) is -1.02. The summed E-state index contributed by atoms with van der Waals surface area (Å²) in [4.78, 5) is 26.2. The molecule has 1 aromatic rings. The topological polar surface area (TPSA) is 57.6 Å². The lowest BCUT2D eigenvalue weighted by Crippen LogP contribution is -2.50. The lowest BCUT2D eigenvalue weighted by atomic mass is 9.99. The van der Waals surface area contributed by atoms with E-state index >= 15 is 0 Å².